The Morgan fingerprint density at radius 1 is 1.23 bits per heavy atom. The average Bonchev–Trinajstić information content (AvgIpc) is 2.70. The highest BCUT2D eigenvalue weighted by atomic mass is 16.1. The molecule has 0 unspecified atom stereocenters. The number of nitrogens with one attached hydrogen (secondary N) is 1. The molecule has 114 valence electrons. The molecular formula is C16H18N4O2. The lowest BCUT2D eigenvalue weighted by atomic mass is 10.2. The van der Waals surface area contributed by atoms with Crippen LogP contribution in [-0.2, 0) is 11.8 Å². The lowest BCUT2D eigenvalue weighted by molar-refractivity contribution is -0.111. The summed E-state index contributed by atoms with van der Waals surface area (Å²) >= 11 is 0. The summed E-state index contributed by atoms with van der Waals surface area (Å²) in [5, 5.41) is 7.01. The number of anilines is 1. The second-order valence-electron chi connectivity index (χ2n) is 4.97. The maximum atomic E-state index is 11.9. The van der Waals surface area contributed by atoms with Gasteiger partial charge in [-0.25, -0.2) is 0 Å². The number of amides is 2. The molecule has 2 rings (SSSR count). The summed E-state index contributed by atoms with van der Waals surface area (Å²) in [4.78, 5) is 22.9. The molecule has 1 aromatic heterocycles. The first-order valence-electron chi connectivity index (χ1n) is 6.77. The van der Waals surface area contributed by atoms with Crippen molar-refractivity contribution in [3.8, 4) is 0 Å². The minimum atomic E-state index is -0.500. The topological polar surface area (TPSA) is 90.0 Å². The summed E-state index contributed by atoms with van der Waals surface area (Å²) in [6.07, 6.45) is 3.20. The van der Waals surface area contributed by atoms with Crippen LogP contribution in [0.1, 0.15) is 27.3 Å². The second-order valence-corrected chi connectivity index (χ2v) is 4.97. The molecule has 0 saturated heterocycles. The van der Waals surface area contributed by atoms with Crippen LogP contribution in [-0.4, -0.2) is 21.6 Å². The predicted octanol–water partition coefficient (Wildman–Crippen LogP) is 1.79. The van der Waals surface area contributed by atoms with Gasteiger partial charge in [0.1, 0.15) is 0 Å². The van der Waals surface area contributed by atoms with Crippen LogP contribution >= 0.6 is 0 Å². The molecule has 0 aliphatic carbocycles. The number of carbonyl (C=O) groups excluding carboxylic acids is 2. The largest absolute Gasteiger partial charge is 0.366 e. The Labute approximate surface area is 128 Å². The summed E-state index contributed by atoms with van der Waals surface area (Å²) in [6.45, 7) is 3.84. The molecular weight excluding hydrogens is 280 g/mol. The van der Waals surface area contributed by atoms with Crippen LogP contribution in [0.3, 0.4) is 0 Å². The van der Waals surface area contributed by atoms with Gasteiger partial charge in [-0.05, 0) is 44.2 Å². The molecule has 1 heterocycles. The van der Waals surface area contributed by atoms with Crippen molar-refractivity contribution in [2.24, 2.45) is 12.8 Å². The third-order valence-corrected chi connectivity index (χ3v) is 3.40. The van der Waals surface area contributed by atoms with Gasteiger partial charge in [0.2, 0.25) is 11.8 Å². The van der Waals surface area contributed by atoms with Crippen molar-refractivity contribution in [3.63, 3.8) is 0 Å². The maximum absolute atomic E-state index is 11.9. The highest BCUT2D eigenvalue weighted by molar-refractivity contribution is 6.02. The van der Waals surface area contributed by atoms with Gasteiger partial charge in [0, 0.05) is 35.6 Å². The summed E-state index contributed by atoms with van der Waals surface area (Å²) < 4.78 is 1.77. The van der Waals surface area contributed by atoms with Crippen LogP contribution in [0, 0.1) is 13.8 Å². The normalized spacial score (nSPS) is 10.9. The molecule has 1 aromatic carbocycles. The number of hydrogen-bond donors (Lipinski definition) is 2. The van der Waals surface area contributed by atoms with E-state index in [-0.39, 0.29) is 5.91 Å². The van der Waals surface area contributed by atoms with Crippen LogP contribution < -0.4 is 11.1 Å². The number of carbonyl (C=O) groups is 2. The number of benzene rings is 1. The van der Waals surface area contributed by atoms with Gasteiger partial charge in [0.15, 0.2) is 0 Å². The van der Waals surface area contributed by atoms with E-state index in [2.05, 4.69) is 10.4 Å². The third kappa shape index (κ3) is 3.41. The number of rotatable bonds is 4. The lowest BCUT2D eigenvalue weighted by Crippen LogP contribution is -2.11. The molecule has 0 radical (unpaired) electrons. The molecule has 6 heteroatoms. The van der Waals surface area contributed by atoms with E-state index in [1.54, 1.807) is 35.0 Å². The molecule has 0 atom stereocenters. The van der Waals surface area contributed by atoms with Crippen LogP contribution in [0.25, 0.3) is 6.08 Å². The fraction of sp³-hybridized carbons (Fsp3) is 0.188. The number of primary amides is 1. The first-order valence-corrected chi connectivity index (χ1v) is 6.77. The van der Waals surface area contributed by atoms with Gasteiger partial charge >= 0.3 is 0 Å². The minimum Gasteiger partial charge on any atom is -0.366 e. The van der Waals surface area contributed by atoms with E-state index >= 15 is 0 Å². The van der Waals surface area contributed by atoms with Crippen molar-refractivity contribution in [2.75, 3.05) is 5.32 Å². The van der Waals surface area contributed by atoms with Crippen LogP contribution in [0.15, 0.2) is 30.3 Å². The zero-order valence-electron chi connectivity index (χ0n) is 12.8. The Balaban J connectivity index is 2.06. The molecule has 3 N–H and O–H groups in total. The van der Waals surface area contributed by atoms with Gasteiger partial charge in [0.25, 0.3) is 0 Å². The Morgan fingerprint density at radius 3 is 2.36 bits per heavy atom. The molecule has 0 fully saturated rings. The molecule has 0 saturated carbocycles. The van der Waals surface area contributed by atoms with E-state index in [0.29, 0.717) is 11.3 Å². The zero-order chi connectivity index (χ0) is 16.3. The van der Waals surface area contributed by atoms with Gasteiger partial charge in [-0.2, -0.15) is 5.10 Å². The first-order chi connectivity index (χ1) is 10.4. The van der Waals surface area contributed by atoms with Gasteiger partial charge in [0.05, 0.1) is 5.69 Å². The third-order valence-electron chi connectivity index (χ3n) is 3.40. The highest BCUT2D eigenvalue weighted by Gasteiger charge is 2.07. The fourth-order valence-corrected chi connectivity index (χ4v) is 2.09. The van der Waals surface area contributed by atoms with Crippen molar-refractivity contribution >= 4 is 23.6 Å². The van der Waals surface area contributed by atoms with E-state index in [9.17, 15) is 9.59 Å². The monoisotopic (exact) mass is 298 g/mol. The van der Waals surface area contributed by atoms with Crippen LogP contribution in [0.5, 0.6) is 0 Å². The number of hydrogen-bond acceptors (Lipinski definition) is 3. The van der Waals surface area contributed by atoms with Crippen molar-refractivity contribution in [3.05, 3.63) is 52.9 Å². The number of aromatic nitrogens is 2. The van der Waals surface area contributed by atoms with E-state index in [1.165, 1.54) is 6.08 Å². The molecule has 0 spiro atoms. The van der Waals surface area contributed by atoms with Crippen molar-refractivity contribution in [2.45, 2.75) is 13.8 Å². The van der Waals surface area contributed by atoms with Gasteiger partial charge in [-0.15, -0.1) is 0 Å². The SMILES string of the molecule is Cc1nn(C)c(C)c1/C=C/C(=O)Nc1ccc(C(N)=O)cc1. The van der Waals surface area contributed by atoms with Crippen molar-refractivity contribution in [1.82, 2.24) is 9.78 Å². The molecule has 22 heavy (non-hydrogen) atoms. The van der Waals surface area contributed by atoms with Crippen molar-refractivity contribution in [1.29, 1.82) is 0 Å². The van der Waals surface area contributed by atoms with E-state index in [0.717, 1.165) is 17.0 Å². The predicted molar refractivity (Wildman–Crippen MR) is 85.3 cm³/mol. The summed E-state index contributed by atoms with van der Waals surface area (Å²) in [7, 11) is 1.86. The molecule has 2 aromatic rings. The molecule has 2 amide bonds. The lowest BCUT2D eigenvalue weighted by Gasteiger charge is -2.02. The van der Waals surface area contributed by atoms with Gasteiger partial charge in [-0.3, -0.25) is 14.3 Å². The van der Waals surface area contributed by atoms with Crippen molar-refractivity contribution < 1.29 is 9.59 Å². The number of aryl methyl sites for hydroxylation is 2. The van der Waals surface area contributed by atoms with Crippen LogP contribution in [0.2, 0.25) is 0 Å². The Bertz CT molecular complexity index is 742. The zero-order valence-corrected chi connectivity index (χ0v) is 12.8. The summed E-state index contributed by atoms with van der Waals surface area (Å²) in [5.74, 6) is -0.755. The Kier molecular flexibility index (Phi) is 4.41. The van der Waals surface area contributed by atoms with E-state index in [1.807, 2.05) is 20.9 Å². The average molecular weight is 298 g/mol. The molecule has 0 aliphatic rings. The fourth-order valence-electron chi connectivity index (χ4n) is 2.09. The first kappa shape index (κ1) is 15.5. The maximum Gasteiger partial charge on any atom is 0.248 e. The summed E-state index contributed by atoms with van der Waals surface area (Å²) in [6, 6.07) is 6.40. The van der Waals surface area contributed by atoms with E-state index in [4.69, 9.17) is 5.73 Å². The molecule has 6 nitrogen and oxygen atoms in total. The Hall–Kier alpha value is -2.89. The minimum absolute atomic E-state index is 0.255. The quantitative estimate of drug-likeness (QED) is 0.843. The second kappa shape index (κ2) is 6.26. The van der Waals surface area contributed by atoms with Gasteiger partial charge in [-0.1, -0.05) is 0 Å². The standard InChI is InChI=1S/C16H18N4O2/c1-10-14(11(2)20(3)19-10)8-9-15(21)18-13-6-4-12(5-7-13)16(17)22/h4-9H,1-3H3,(H2,17,22)(H,18,21)/b9-8+. The highest BCUT2D eigenvalue weighted by Crippen LogP contribution is 2.14. The summed E-state index contributed by atoms with van der Waals surface area (Å²) in [5.41, 5.74) is 8.95. The number of nitrogens with zero attached hydrogens (tertiary/aromatic N) is 2. The van der Waals surface area contributed by atoms with Gasteiger partial charge < -0.3 is 11.1 Å². The van der Waals surface area contributed by atoms with E-state index < -0.39 is 5.91 Å². The number of nitrogens with two attached hydrogens (primary N) is 1. The molecule has 0 bridgehead atoms. The smallest absolute Gasteiger partial charge is 0.248 e. The van der Waals surface area contributed by atoms with Crippen LogP contribution in [0.4, 0.5) is 5.69 Å². The molecule has 0 aliphatic heterocycles. The Morgan fingerprint density at radius 2 is 1.86 bits per heavy atom.